The molecule has 0 aliphatic heterocycles. The Kier molecular flexibility index (Phi) is 5.13. The standard InChI is InChI=1S/C27H26N6/c1-6-22-30-14-21(31-22)17-9-7-16(8-10-17)18-11-12-19-20(13-18)23(28-4)25(29-5)26-24(19)32-27(33-26)15(2)3/h7-15H,4-6H2,1-3H3,(H,30,31)(H,32,33). The molecule has 6 heteroatoms. The Balaban J connectivity index is 1.65. The molecule has 5 aromatic rings. The predicted octanol–water partition coefficient (Wildman–Crippen LogP) is 7.12. The van der Waals surface area contributed by atoms with Crippen molar-refractivity contribution in [2.75, 3.05) is 0 Å². The van der Waals surface area contributed by atoms with Crippen molar-refractivity contribution in [1.29, 1.82) is 0 Å². The topological polar surface area (TPSA) is 82.1 Å². The van der Waals surface area contributed by atoms with Gasteiger partial charge in [-0.05, 0) is 36.2 Å². The van der Waals surface area contributed by atoms with Crippen LogP contribution in [-0.2, 0) is 6.42 Å². The molecule has 3 aromatic carbocycles. The van der Waals surface area contributed by atoms with Gasteiger partial charge in [0.15, 0.2) is 0 Å². The second-order valence-electron chi connectivity index (χ2n) is 8.45. The average Bonchev–Trinajstić information content (AvgIpc) is 3.50. The number of aromatic amines is 2. The molecule has 2 N–H and O–H groups in total. The highest BCUT2D eigenvalue weighted by atomic mass is 15.0. The third-order valence-corrected chi connectivity index (χ3v) is 6.07. The monoisotopic (exact) mass is 434 g/mol. The minimum absolute atomic E-state index is 0.270. The molecule has 0 fully saturated rings. The van der Waals surface area contributed by atoms with Gasteiger partial charge in [0.2, 0.25) is 0 Å². The number of hydrogen-bond acceptors (Lipinski definition) is 4. The van der Waals surface area contributed by atoms with Crippen LogP contribution in [0.2, 0.25) is 0 Å². The number of imidazole rings is 2. The maximum Gasteiger partial charge on any atom is 0.114 e. The van der Waals surface area contributed by atoms with E-state index in [-0.39, 0.29) is 5.92 Å². The maximum absolute atomic E-state index is 4.87. The highest BCUT2D eigenvalue weighted by Crippen LogP contribution is 2.44. The summed E-state index contributed by atoms with van der Waals surface area (Å²) in [6.07, 6.45) is 2.77. The average molecular weight is 435 g/mol. The van der Waals surface area contributed by atoms with Crippen molar-refractivity contribution in [3.8, 4) is 22.4 Å². The van der Waals surface area contributed by atoms with Crippen LogP contribution in [0.5, 0.6) is 0 Å². The fourth-order valence-corrected chi connectivity index (χ4v) is 4.25. The first kappa shape index (κ1) is 20.8. The van der Waals surface area contributed by atoms with E-state index in [1.54, 1.807) is 0 Å². The molecule has 0 saturated carbocycles. The molecule has 0 aliphatic carbocycles. The minimum atomic E-state index is 0.270. The second kappa shape index (κ2) is 8.13. The van der Waals surface area contributed by atoms with Gasteiger partial charge in [-0.3, -0.25) is 9.98 Å². The van der Waals surface area contributed by atoms with Crippen LogP contribution in [0.3, 0.4) is 0 Å². The Bertz CT molecular complexity index is 1500. The lowest BCUT2D eigenvalue weighted by molar-refractivity contribution is 0.799. The van der Waals surface area contributed by atoms with Crippen molar-refractivity contribution >= 4 is 46.6 Å². The first-order valence-electron chi connectivity index (χ1n) is 11.1. The van der Waals surface area contributed by atoms with Crippen molar-refractivity contribution in [3.63, 3.8) is 0 Å². The fourth-order valence-electron chi connectivity index (χ4n) is 4.25. The largest absolute Gasteiger partial charge is 0.342 e. The number of benzene rings is 3. The van der Waals surface area contributed by atoms with Crippen LogP contribution < -0.4 is 0 Å². The summed E-state index contributed by atoms with van der Waals surface area (Å²) >= 11 is 0. The highest BCUT2D eigenvalue weighted by molar-refractivity contribution is 6.17. The zero-order valence-corrected chi connectivity index (χ0v) is 19.1. The summed E-state index contributed by atoms with van der Waals surface area (Å²) in [5.41, 5.74) is 7.48. The molecule has 2 aromatic heterocycles. The number of nitrogens with one attached hydrogen (secondary N) is 2. The van der Waals surface area contributed by atoms with Gasteiger partial charge in [-0.15, -0.1) is 0 Å². The van der Waals surface area contributed by atoms with E-state index in [2.05, 4.69) is 102 Å². The fraction of sp³-hybridized carbons (Fsp3) is 0.185. The number of nitrogens with zero attached hydrogens (tertiary/aromatic N) is 4. The van der Waals surface area contributed by atoms with Gasteiger partial charge in [0.1, 0.15) is 17.3 Å². The minimum Gasteiger partial charge on any atom is -0.342 e. The van der Waals surface area contributed by atoms with Gasteiger partial charge in [0, 0.05) is 23.1 Å². The van der Waals surface area contributed by atoms with Crippen molar-refractivity contribution in [3.05, 3.63) is 60.3 Å². The predicted molar refractivity (Wildman–Crippen MR) is 139 cm³/mol. The van der Waals surface area contributed by atoms with Crippen molar-refractivity contribution in [2.45, 2.75) is 33.1 Å². The van der Waals surface area contributed by atoms with Gasteiger partial charge in [0.25, 0.3) is 0 Å². The van der Waals surface area contributed by atoms with Crippen LogP contribution in [-0.4, -0.2) is 33.4 Å². The Morgan fingerprint density at radius 3 is 2.21 bits per heavy atom. The van der Waals surface area contributed by atoms with E-state index in [0.29, 0.717) is 5.69 Å². The molecule has 0 aliphatic rings. The van der Waals surface area contributed by atoms with E-state index in [0.717, 1.165) is 67.9 Å². The molecule has 33 heavy (non-hydrogen) atoms. The van der Waals surface area contributed by atoms with E-state index in [1.807, 2.05) is 6.20 Å². The van der Waals surface area contributed by atoms with E-state index in [4.69, 9.17) is 4.98 Å². The van der Waals surface area contributed by atoms with Crippen molar-refractivity contribution in [1.82, 2.24) is 19.9 Å². The Hall–Kier alpha value is -4.06. The number of hydrogen-bond donors (Lipinski definition) is 2. The van der Waals surface area contributed by atoms with Crippen LogP contribution in [0.15, 0.2) is 58.6 Å². The second-order valence-corrected chi connectivity index (χ2v) is 8.45. The van der Waals surface area contributed by atoms with Gasteiger partial charge < -0.3 is 9.97 Å². The molecule has 0 amide bonds. The number of aromatic nitrogens is 4. The summed E-state index contributed by atoms with van der Waals surface area (Å²) in [6, 6.07) is 14.8. The molecule has 0 saturated heterocycles. The van der Waals surface area contributed by atoms with Crippen LogP contribution in [0.4, 0.5) is 11.4 Å². The third kappa shape index (κ3) is 3.44. The zero-order chi connectivity index (χ0) is 23.1. The molecule has 164 valence electrons. The summed E-state index contributed by atoms with van der Waals surface area (Å²) in [7, 11) is 0. The molecule has 2 heterocycles. The lowest BCUT2D eigenvalue weighted by Gasteiger charge is -2.10. The van der Waals surface area contributed by atoms with Crippen LogP contribution in [0, 0.1) is 0 Å². The molecule has 0 radical (unpaired) electrons. The van der Waals surface area contributed by atoms with E-state index < -0.39 is 0 Å². The number of rotatable bonds is 6. The first-order chi connectivity index (χ1) is 16.0. The summed E-state index contributed by atoms with van der Waals surface area (Å²) in [5.74, 6) is 2.18. The van der Waals surface area contributed by atoms with Gasteiger partial charge in [-0.1, -0.05) is 57.2 Å². The number of fused-ring (bicyclic) bond motifs is 3. The molecule has 0 spiro atoms. The lowest BCUT2D eigenvalue weighted by Crippen LogP contribution is -1.88. The Morgan fingerprint density at radius 2 is 1.58 bits per heavy atom. The molecule has 0 unspecified atom stereocenters. The lowest BCUT2D eigenvalue weighted by atomic mass is 9.97. The van der Waals surface area contributed by atoms with Gasteiger partial charge in [0.05, 0.1) is 28.6 Å². The van der Waals surface area contributed by atoms with Gasteiger partial charge >= 0.3 is 0 Å². The number of aliphatic imine (C=N–C) groups is 2. The molecular formula is C27H26N6. The van der Waals surface area contributed by atoms with Gasteiger partial charge in [-0.25, -0.2) is 9.97 Å². The Labute approximate surface area is 192 Å². The Morgan fingerprint density at radius 1 is 0.879 bits per heavy atom. The number of H-pyrrole nitrogens is 2. The molecule has 5 rings (SSSR count). The molecule has 0 bridgehead atoms. The highest BCUT2D eigenvalue weighted by Gasteiger charge is 2.18. The SMILES string of the molecule is C=Nc1c(N=C)c2[nH]c(C(C)C)nc2c2ccc(-c3ccc(-c4cnc(CC)[nH]4)cc3)cc12. The maximum atomic E-state index is 4.87. The molecular weight excluding hydrogens is 408 g/mol. The molecule has 6 nitrogen and oxygen atoms in total. The van der Waals surface area contributed by atoms with E-state index in [1.165, 1.54) is 0 Å². The quantitative estimate of drug-likeness (QED) is 0.279. The van der Waals surface area contributed by atoms with Crippen molar-refractivity contribution in [2.24, 2.45) is 9.98 Å². The van der Waals surface area contributed by atoms with E-state index in [9.17, 15) is 0 Å². The smallest absolute Gasteiger partial charge is 0.114 e. The summed E-state index contributed by atoms with van der Waals surface area (Å²) in [5, 5.41) is 1.98. The normalized spacial score (nSPS) is 11.5. The summed E-state index contributed by atoms with van der Waals surface area (Å²) in [4.78, 5) is 24.7. The zero-order valence-electron chi connectivity index (χ0n) is 19.1. The van der Waals surface area contributed by atoms with Crippen LogP contribution in [0.25, 0.3) is 44.2 Å². The first-order valence-corrected chi connectivity index (χ1v) is 11.1. The summed E-state index contributed by atoms with van der Waals surface area (Å²) < 4.78 is 0. The van der Waals surface area contributed by atoms with E-state index >= 15 is 0 Å². The van der Waals surface area contributed by atoms with Gasteiger partial charge in [-0.2, -0.15) is 0 Å². The van der Waals surface area contributed by atoms with Crippen LogP contribution in [0.1, 0.15) is 38.3 Å². The summed E-state index contributed by atoms with van der Waals surface area (Å²) in [6.45, 7) is 13.9. The number of aryl methyl sites for hydroxylation is 1. The molecule has 0 atom stereocenters. The third-order valence-electron chi connectivity index (χ3n) is 6.07. The van der Waals surface area contributed by atoms with Crippen LogP contribution >= 0.6 is 0 Å². The van der Waals surface area contributed by atoms with Crippen molar-refractivity contribution < 1.29 is 0 Å².